The number of hydrogen-bond acceptors (Lipinski definition) is 5. The number of ether oxygens (including phenoxy) is 3. The first-order valence-electron chi connectivity index (χ1n) is 7.50. The van der Waals surface area contributed by atoms with Gasteiger partial charge in [0.2, 0.25) is 0 Å². The van der Waals surface area contributed by atoms with Gasteiger partial charge in [-0.15, -0.1) is 6.42 Å². The van der Waals surface area contributed by atoms with Crippen molar-refractivity contribution in [3.63, 3.8) is 0 Å². The van der Waals surface area contributed by atoms with E-state index in [2.05, 4.69) is 12.0 Å². The number of carbonyl (C=O) groups is 2. The van der Waals surface area contributed by atoms with E-state index in [1.807, 2.05) is 20.8 Å². The molecule has 6 aliphatic rings. The highest BCUT2D eigenvalue weighted by atomic mass is 16.6. The van der Waals surface area contributed by atoms with Gasteiger partial charge in [-0.3, -0.25) is 9.59 Å². The number of esters is 2. The van der Waals surface area contributed by atoms with Crippen LogP contribution in [0, 0.1) is 34.5 Å². The van der Waals surface area contributed by atoms with Crippen LogP contribution in [0.1, 0.15) is 20.8 Å². The van der Waals surface area contributed by atoms with E-state index in [0.29, 0.717) is 0 Å². The van der Waals surface area contributed by atoms with E-state index >= 15 is 0 Å². The number of rotatable bonds is 2. The fourth-order valence-corrected chi connectivity index (χ4v) is 6.96. The molecule has 2 saturated carbocycles. The van der Waals surface area contributed by atoms with Crippen LogP contribution in [0.4, 0.5) is 0 Å². The summed E-state index contributed by atoms with van der Waals surface area (Å²) in [6.07, 6.45) is 7.31. The van der Waals surface area contributed by atoms with Crippen molar-refractivity contribution in [3.8, 4) is 12.3 Å². The number of cyclic esters (lactones) is 1. The Morgan fingerprint density at radius 1 is 1.50 bits per heavy atom. The van der Waals surface area contributed by atoms with Gasteiger partial charge in [-0.1, -0.05) is 18.9 Å². The smallest absolute Gasteiger partial charge is 0.321 e. The monoisotopic (exact) mass is 300 g/mol. The first kappa shape index (κ1) is 12.7. The predicted molar refractivity (Wildman–Crippen MR) is 73.2 cm³/mol. The number of terminal acetylenes is 1. The van der Waals surface area contributed by atoms with E-state index in [1.165, 1.54) is 0 Å². The Hall–Kier alpha value is -1.80. The summed E-state index contributed by atoms with van der Waals surface area (Å²) in [5.41, 5.74) is -3.07. The highest BCUT2D eigenvalue weighted by Crippen LogP contribution is 3.01. The van der Waals surface area contributed by atoms with Crippen molar-refractivity contribution >= 4 is 11.9 Å². The fraction of sp³-hybridized carbons (Fsp3) is 0.647. The zero-order chi connectivity index (χ0) is 15.8. The molecule has 3 aliphatic heterocycles. The highest BCUT2D eigenvalue weighted by molar-refractivity contribution is 6.04. The summed E-state index contributed by atoms with van der Waals surface area (Å²) < 4.78 is 17.0. The zero-order valence-electron chi connectivity index (χ0n) is 12.7. The first-order valence-corrected chi connectivity index (χ1v) is 7.50. The molecule has 5 heteroatoms. The van der Waals surface area contributed by atoms with E-state index in [4.69, 9.17) is 20.6 Å². The van der Waals surface area contributed by atoms with Gasteiger partial charge in [0.05, 0.1) is 11.2 Å². The molecule has 6 bridgehead atoms. The minimum Gasteiger partial charge on any atom is -0.460 e. The third-order valence-electron chi connectivity index (χ3n) is 7.47. The molecule has 6 atom stereocenters. The third-order valence-corrected chi connectivity index (χ3v) is 7.47. The molecule has 0 aromatic carbocycles. The van der Waals surface area contributed by atoms with E-state index in [-0.39, 0.29) is 25.1 Å². The van der Waals surface area contributed by atoms with E-state index in [0.717, 1.165) is 5.57 Å². The second-order valence-corrected chi connectivity index (χ2v) is 7.47. The molecule has 3 aliphatic carbocycles. The average Bonchev–Trinajstić information content (AvgIpc) is 2.86. The van der Waals surface area contributed by atoms with Crippen LogP contribution >= 0.6 is 0 Å². The van der Waals surface area contributed by atoms with Crippen molar-refractivity contribution in [2.45, 2.75) is 32.0 Å². The van der Waals surface area contributed by atoms with Crippen LogP contribution in [0.25, 0.3) is 0 Å². The largest absolute Gasteiger partial charge is 0.460 e. The van der Waals surface area contributed by atoms with Crippen LogP contribution in [0.15, 0.2) is 11.6 Å². The summed E-state index contributed by atoms with van der Waals surface area (Å²) in [6.45, 7) is 6.01. The van der Waals surface area contributed by atoms with Gasteiger partial charge in [-0.2, -0.15) is 0 Å². The van der Waals surface area contributed by atoms with Crippen molar-refractivity contribution in [2.75, 3.05) is 13.2 Å². The predicted octanol–water partition coefficient (Wildman–Crippen LogP) is 0.830. The number of carbonyl (C=O) groups excluding carboxylic acids is 2. The summed E-state index contributed by atoms with van der Waals surface area (Å²) in [6, 6.07) is 0. The van der Waals surface area contributed by atoms with Crippen molar-refractivity contribution in [2.24, 2.45) is 22.2 Å². The lowest BCUT2D eigenvalue weighted by molar-refractivity contribution is -0.164. The van der Waals surface area contributed by atoms with Gasteiger partial charge in [0.15, 0.2) is 6.61 Å². The Balaban J connectivity index is 1.80. The van der Waals surface area contributed by atoms with Gasteiger partial charge < -0.3 is 14.2 Å². The standard InChI is InChI=1S/C17H16O5/c1-5-6-20-12(19)17-13(2)10-7-9-8-21-11(18)16(9,17)14(10,3)22-15(13,17)4/h1,7,10H,6,8H2,2-4H3/t10-,13-,14+,15-,16+,17-/m1/s1. The second-order valence-electron chi connectivity index (χ2n) is 7.47. The lowest BCUT2D eigenvalue weighted by Gasteiger charge is -2.33. The molecule has 5 fully saturated rings. The summed E-state index contributed by atoms with van der Waals surface area (Å²) in [4.78, 5) is 25.8. The number of hydrogen-bond donors (Lipinski definition) is 0. The molecule has 3 heterocycles. The molecule has 0 aromatic rings. The maximum atomic E-state index is 13.0. The molecule has 3 saturated heterocycles. The maximum absolute atomic E-state index is 13.0. The van der Waals surface area contributed by atoms with Crippen molar-refractivity contribution in [1.82, 2.24) is 0 Å². The zero-order valence-corrected chi connectivity index (χ0v) is 12.7. The van der Waals surface area contributed by atoms with Gasteiger partial charge in [0, 0.05) is 11.3 Å². The average molecular weight is 300 g/mol. The van der Waals surface area contributed by atoms with Crippen LogP contribution in [0.5, 0.6) is 0 Å². The first-order chi connectivity index (χ1) is 10.3. The Kier molecular flexibility index (Phi) is 1.65. The van der Waals surface area contributed by atoms with Gasteiger partial charge >= 0.3 is 11.9 Å². The van der Waals surface area contributed by atoms with Gasteiger partial charge in [0.1, 0.15) is 17.4 Å². The Labute approximate surface area is 128 Å². The fourth-order valence-electron chi connectivity index (χ4n) is 6.96. The molecule has 0 unspecified atom stereocenters. The molecule has 0 N–H and O–H groups in total. The van der Waals surface area contributed by atoms with Crippen molar-refractivity contribution in [1.29, 1.82) is 0 Å². The molecule has 0 aromatic heterocycles. The molecule has 6 rings (SSSR count). The second kappa shape index (κ2) is 2.85. The molecular weight excluding hydrogens is 284 g/mol. The minimum absolute atomic E-state index is 0.0197. The van der Waals surface area contributed by atoms with Crippen LogP contribution in [-0.4, -0.2) is 36.4 Å². The summed E-state index contributed by atoms with van der Waals surface area (Å²) in [5.74, 6) is 1.56. The minimum atomic E-state index is -1.04. The summed E-state index contributed by atoms with van der Waals surface area (Å²) in [7, 11) is 0. The topological polar surface area (TPSA) is 61.8 Å². The van der Waals surface area contributed by atoms with E-state index in [1.54, 1.807) is 0 Å². The van der Waals surface area contributed by atoms with Crippen molar-refractivity contribution in [3.05, 3.63) is 11.6 Å². The molecule has 22 heavy (non-hydrogen) atoms. The van der Waals surface area contributed by atoms with Crippen LogP contribution in [-0.2, 0) is 23.8 Å². The third kappa shape index (κ3) is 0.662. The Morgan fingerprint density at radius 3 is 2.91 bits per heavy atom. The highest BCUT2D eigenvalue weighted by Gasteiger charge is 3.13. The van der Waals surface area contributed by atoms with Gasteiger partial charge in [-0.05, 0) is 19.4 Å². The summed E-state index contributed by atoms with van der Waals surface area (Å²) in [5, 5.41) is 0. The van der Waals surface area contributed by atoms with Crippen LogP contribution < -0.4 is 0 Å². The molecule has 114 valence electrons. The Morgan fingerprint density at radius 2 is 2.23 bits per heavy atom. The van der Waals surface area contributed by atoms with E-state index in [9.17, 15) is 9.59 Å². The SMILES string of the molecule is C#CCOC(=O)[C@@]12[C@]3(C)O[C@@]4(C)[C@H](C=C5COC(=O)[C@]514)[C@]32C. The normalized spacial score (nSPS) is 58.0. The maximum Gasteiger partial charge on any atom is 0.321 e. The lowest BCUT2D eigenvalue weighted by Crippen LogP contribution is -2.50. The lowest BCUT2D eigenvalue weighted by atomic mass is 9.64. The van der Waals surface area contributed by atoms with Gasteiger partial charge in [0.25, 0.3) is 0 Å². The Bertz CT molecular complexity index is 762. The van der Waals surface area contributed by atoms with Gasteiger partial charge in [-0.25, -0.2) is 0 Å². The summed E-state index contributed by atoms with van der Waals surface area (Å²) >= 11 is 0. The molecule has 0 amide bonds. The molecular formula is C17H16O5. The molecule has 0 radical (unpaired) electrons. The van der Waals surface area contributed by atoms with Crippen LogP contribution in [0.3, 0.4) is 0 Å². The molecule has 1 spiro atoms. The quantitative estimate of drug-likeness (QED) is 0.429. The van der Waals surface area contributed by atoms with Crippen LogP contribution in [0.2, 0.25) is 0 Å². The molecule has 5 nitrogen and oxygen atoms in total. The van der Waals surface area contributed by atoms with Crippen molar-refractivity contribution < 1.29 is 23.8 Å². The van der Waals surface area contributed by atoms with E-state index < -0.39 is 33.4 Å².